The summed E-state index contributed by atoms with van der Waals surface area (Å²) in [6, 6.07) is 0. The van der Waals surface area contributed by atoms with Gasteiger partial charge in [0.2, 0.25) is 0 Å². The third kappa shape index (κ3) is 2.13. The summed E-state index contributed by atoms with van der Waals surface area (Å²) in [5.74, 6) is 0.232. The summed E-state index contributed by atoms with van der Waals surface area (Å²) >= 11 is 0. The lowest BCUT2D eigenvalue weighted by molar-refractivity contribution is -0.0687. The van der Waals surface area contributed by atoms with Crippen molar-refractivity contribution in [2.45, 2.75) is 45.1 Å². The van der Waals surface area contributed by atoms with E-state index in [1.165, 1.54) is 0 Å². The largest absolute Gasteiger partial charge is 0.389 e. The average molecular weight is 261 g/mol. The number of rotatable bonds is 2. The second-order valence-corrected chi connectivity index (χ2v) is 8.88. The van der Waals surface area contributed by atoms with Crippen LogP contribution in [0, 0.1) is 10.8 Å². The number of aliphatic hydroxyl groups is 1. The first-order chi connectivity index (χ1) is 7.64. The quantitative estimate of drug-likeness (QED) is 0.766. The maximum atomic E-state index is 11.7. The van der Waals surface area contributed by atoms with Crippen LogP contribution in [0.4, 0.5) is 0 Å². The van der Waals surface area contributed by atoms with Gasteiger partial charge in [-0.2, -0.15) is 0 Å². The van der Waals surface area contributed by atoms with E-state index in [2.05, 4.69) is 13.8 Å². The Balaban J connectivity index is 2.32. The molecular weight excluding hydrogens is 238 g/mol. The Morgan fingerprint density at radius 3 is 2.24 bits per heavy atom. The third-order valence-corrected chi connectivity index (χ3v) is 6.57. The molecule has 1 saturated carbocycles. The summed E-state index contributed by atoms with van der Waals surface area (Å²) in [7, 11) is -3.02. The highest BCUT2D eigenvalue weighted by molar-refractivity contribution is 7.91. The van der Waals surface area contributed by atoms with E-state index >= 15 is 0 Å². The van der Waals surface area contributed by atoms with Crippen LogP contribution < -0.4 is 5.73 Å². The second-order valence-electron chi connectivity index (χ2n) is 6.70. The Bertz CT molecular complexity index is 417. The maximum absolute atomic E-state index is 11.7. The number of hydrogen-bond donors (Lipinski definition) is 2. The van der Waals surface area contributed by atoms with Gasteiger partial charge in [0.25, 0.3) is 0 Å². The predicted molar refractivity (Wildman–Crippen MR) is 67.3 cm³/mol. The molecule has 0 spiro atoms. The van der Waals surface area contributed by atoms with Gasteiger partial charge in [-0.25, -0.2) is 8.42 Å². The Morgan fingerprint density at radius 1 is 1.24 bits per heavy atom. The topological polar surface area (TPSA) is 80.4 Å². The van der Waals surface area contributed by atoms with Gasteiger partial charge in [0, 0.05) is 12.0 Å². The van der Waals surface area contributed by atoms with Gasteiger partial charge < -0.3 is 10.8 Å². The lowest BCUT2D eigenvalue weighted by Gasteiger charge is -2.42. The highest BCUT2D eigenvalue weighted by Gasteiger charge is 2.59. The minimum absolute atomic E-state index is 0.0586. The van der Waals surface area contributed by atoms with Gasteiger partial charge in [0.05, 0.1) is 17.1 Å². The van der Waals surface area contributed by atoms with Crippen molar-refractivity contribution in [1.29, 1.82) is 0 Å². The first kappa shape index (κ1) is 13.3. The Hall–Kier alpha value is -0.130. The fraction of sp³-hybridized carbons (Fsp3) is 1.00. The lowest BCUT2D eigenvalue weighted by atomic mass is 9.69. The molecule has 0 aromatic rings. The first-order valence-corrected chi connectivity index (χ1v) is 8.09. The molecule has 1 aliphatic heterocycles. The first-order valence-electron chi connectivity index (χ1n) is 6.27. The number of hydrogen-bond acceptors (Lipinski definition) is 4. The molecule has 0 bridgehead atoms. The van der Waals surface area contributed by atoms with Crippen LogP contribution in [0.2, 0.25) is 0 Å². The molecule has 2 aliphatic rings. The minimum Gasteiger partial charge on any atom is -0.389 e. The van der Waals surface area contributed by atoms with Crippen LogP contribution in [0.25, 0.3) is 0 Å². The van der Waals surface area contributed by atoms with E-state index in [1.807, 2.05) is 0 Å². The van der Waals surface area contributed by atoms with Crippen LogP contribution in [-0.4, -0.2) is 37.2 Å². The van der Waals surface area contributed by atoms with E-state index in [-0.39, 0.29) is 23.5 Å². The standard InChI is InChI=1S/C12H23NO3S/c1-10(2)3-4-12(14,7-10)11(8-13)5-6-17(15,16)9-11/h14H,3-9,13H2,1-2H3. The van der Waals surface area contributed by atoms with Crippen LogP contribution in [0.15, 0.2) is 0 Å². The molecule has 2 unspecified atom stereocenters. The smallest absolute Gasteiger partial charge is 0.151 e. The van der Waals surface area contributed by atoms with Gasteiger partial charge >= 0.3 is 0 Å². The van der Waals surface area contributed by atoms with E-state index in [1.54, 1.807) is 0 Å². The van der Waals surface area contributed by atoms with E-state index < -0.39 is 20.9 Å². The predicted octanol–water partition coefficient (Wildman–Crippen LogP) is 0.691. The highest BCUT2D eigenvalue weighted by atomic mass is 32.2. The van der Waals surface area contributed by atoms with E-state index in [9.17, 15) is 13.5 Å². The third-order valence-electron chi connectivity index (χ3n) is 4.75. The normalized spacial score (nSPS) is 44.0. The van der Waals surface area contributed by atoms with Crippen molar-refractivity contribution >= 4 is 9.84 Å². The fourth-order valence-electron chi connectivity index (χ4n) is 3.60. The zero-order valence-electron chi connectivity index (χ0n) is 10.7. The zero-order chi connectivity index (χ0) is 12.9. The van der Waals surface area contributed by atoms with Gasteiger partial charge in [0.1, 0.15) is 0 Å². The summed E-state index contributed by atoms with van der Waals surface area (Å²) in [6.45, 7) is 4.51. The van der Waals surface area contributed by atoms with Crippen molar-refractivity contribution in [2.75, 3.05) is 18.1 Å². The van der Waals surface area contributed by atoms with Gasteiger partial charge in [-0.3, -0.25) is 0 Å². The fourth-order valence-corrected chi connectivity index (χ4v) is 5.82. The van der Waals surface area contributed by atoms with Gasteiger partial charge in [0.15, 0.2) is 9.84 Å². The summed E-state index contributed by atoms with van der Waals surface area (Å²) in [6.07, 6.45) is 2.78. The molecule has 17 heavy (non-hydrogen) atoms. The average Bonchev–Trinajstić information content (AvgIpc) is 2.66. The minimum atomic E-state index is -3.02. The molecule has 0 aromatic carbocycles. The molecule has 0 amide bonds. The molecule has 1 heterocycles. The van der Waals surface area contributed by atoms with E-state index in [0.29, 0.717) is 19.3 Å². The Morgan fingerprint density at radius 2 is 1.88 bits per heavy atom. The molecule has 2 fully saturated rings. The van der Waals surface area contributed by atoms with Crippen LogP contribution in [0.3, 0.4) is 0 Å². The molecule has 5 heteroatoms. The monoisotopic (exact) mass is 261 g/mol. The molecule has 100 valence electrons. The van der Waals surface area contributed by atoms with Gasteiger partial charge in [-0.1, -0.05) is 13.8 Å². The molecule has 4 nitrogen and oxygen atoms in total. The van der Waals surface area contributed by atoms with Crippen LogP contribution in [0.5, 0.6) is 0 Å². The maximum Gasteiger partial charge on any atom is 0.151 e. The van der Waals surface area contributed by atoms with E-state index in [4.69, 9.17) is 5.73 Å². The van der Waals surface area contributed by atoms with Crippen molar-refractivity contribution in [2.24, 2.45) is 16.6 Å². The molecule has 3 N–H and O–H groups in total. The van der Waals surface area contributed by atoms with Crippen molar-refractivity contribution in [3.05, 3.63) is 0 Å². The molecule has 0 radical (unpaired) electrons. The van der Waals surface area contributed by atoms with Crippen molar-refractivity contribution in [1.82, 2.24) is 0 Å². The molecule has 2 rings (SSSR count). The van der Waals surface area contributed by atoms with Crippen LogP contribution in [-0.2, 0) is 9.84 Å². The zero-order valence-corrected chi connectivity index (χ0v) is 11.5. The number of nitrogens with two attached hydrogens (primary N) is 1. The summed E-state index contributed by atoms with van der Waals surface area (Å²) in [4.78, 5) is 0. The highest BCUT2D eigenvalue weighted by Crippen LogP contribution is 2.54. The number of sulfone groups is 1. The SMILES string of the molecule is CC1(C)CCC(O)(C2(CN)CCS(=O)(=O)C2)C1. The summed E-state index contributed by atoms with van der Waals surface area (Å²) in [5, 5.41) is 10.9. The van der Waals surface area contributed by atoms with Crippen LogP contribution >= 0.6 is 0 Å². The van der Waals surface area contributed by atoms with Crippen molar-refractivity contribution < 1.29 is 13.5 Å². The summed E-state index contributed by atoms with van der Waals surface area (Å²) < 4.78 is 23.4. The van der Waals surface area contributed by atoms with Gasteiger partial charge in [-0.15, -0.1) is 0 Å². The summed E-state index contributed by atoms with van der Waals surface area (Å²) in [5.41, 5.74) is 4.40. The van der Waals surface area contributed by atoms with E-state index in [0.717, 1.165) is 6.42 Å². The van der Waals surface area contributed by atoms with Gasteiger partial charge in [-0.05, 0) is 31.1 Å². The molecule has 1 aliphatic carbocycles. The molecule has 1 saturated heterocycles. The Labute approximate surface area is 104 Å². The van der Waals surface area contributed by atoms with Crippen LogP contribution in [0.1, 0.15) is 39.5 Å². The molecule has 2 atom stereocenters. The molecule has 0 aromatic heterocycles. The van der Waals surface area contributed by atoms with Crippen molar-refractivity contribution in [3.63, 3.8) is 0 Å². The lowest BCUT2D eigenvalue weighted by Crippen LogP contribution is -2.52. The second kappa shape index (κ2) is 3.68. The molecular formula is C12H23NO3S. The van der Waals surface area contributed by atoms with Crippen molar-refractivity contribution in [3.8, 4) is 0 Å². The Kier molecular flexibility index (Phi) is 2.88.